The van der Waals surface area contributed by atoms with E-state index >= 15 is 0 Å². The first-order valence-corrected chi connectivity index (χ1v) is 7.71. The average molecular weight is 257 g/mol. The number of aromatic amines is 1. The van der Waals surface area contributed by atoms with Crippen molar-refractivity contribution in [1.82, 2.24) is 4.98 Å². The third-order valence-corrected chi connectivity index (χ3v) is 4.57. The van der Waals surface area contributed by atoms with Crippen LogP contribution in [0.5, 0.6) is 0 Å². The van der Waals surface area contributed by atoms with Gasteiger partial charge in [-0.15, -0.1) is 0 Å². The summed E-state index contributed by atoms with van der Waals surface area (Å²) >= 11 is 0. The molecule has 1 aromatic carbocycles. The molecule has 1 saturated carbocycles. The zero-order chi connectivity index (χ0) is 13.1. The molecule has 3 N–H and O–H groups in total. The maximum atomic E-state index is 3.37. The van der Waals surface area contributed by atoms with Crippen molar-refractivity contribution >= 4 is 10.9 Å². The number of fused-ring (bicyclic) bond motifs is 1. The first-order valence-electron chi connectivity index (χ1n) is 7.71. The van der Waals surface area contributed by atoms with Crippen molar-refractivity contribution in [3.8, 4) is 0 Å². The zero-order valence-electron chi connectivity index (χ0n) is 11.9. The van der Waals surface area contributed by atoms with Crippen LogP contribution in [0.2, 0.25) is 0 Å². The van der Waals surface area contributed by atoms with Crippen LogP contribution in [0.1, 0.15) is 38.2 Å². The van der Waals surface area contributed by atoms with Gasteiger partial charge in [0.15, 0.2) is 0 Å². The molecular formula is C17H25N2+. The molecule has 0 amide bonds. The number of H-pyrrole nitrogens is 1. The first-order chi connectivity index (χ1) is 9.33. The number of rotatable bonds is 4. The molecule has 19 heavy (non-hydrogen) atoms. The van der Waals surface area contributed by atoms with Crippen molar-refractivity contribution in [1.29, 1.82) is 0 Å². The molecule has 1 aliphatic carbocycles. The minimum atomic E-state index is 0.869. The van der Waals surface area contributed by atoms with Gasteiger partial charge in [-0.2, -0.15) is 0 Å². The summed E-state index contributed by atoms with van der Waals surface area (Å²) in [5, 5.41) is 3.98. The fourth-order valence-corrected chi connectivity index (χ4v) is 3.51. The Morgan fingerprint density at radius 2 is 2.16 bits per heavy atom. The average Bonchev–Trinajstić information content (AvgIpc) is 2.83. The zero-order valence-corrected chi connectivity index (χ0v) is 11.9. The second kappa shape index (κ2) is 5.79. The van der Waals surface area contributed by atoms with Gasteiger partial charge in [-0.05, 0) is 30.4 Å². The van der Waals surface area contributed by atoms with E-state index in [9.17, 15) is 0 Å². The highest BCUT2D eigenvalue weighted by Gasteiger charge is 2.20. The van der Waals surface area contributed by atoms with Crippen molar-refractivity contribution in [2.75, 3.05) is 6.54 Å². The summed E-state index contributed by atoms with van der Waals surface area (Å²) in [7, 11) is 0. The second-order valence-electron chi connectivity index (χ2n) is 6.17. The molecule has 0 saturated heterocycles. The third-order valence-electron chi connectivity index (χ3n) is 4.57. The maximum Gasteiger partial charge on any atom is 0.0861 e. The van der Waals surface area contributed by atoms with Crippen LogP contribution >= 0.6 is 0 Å². The highest BCUT2D eigenvalue weighted by atomic mass is 14.9. The van der Waals surface area contributed by atoms with Crippen LogP contribution in [-0.2, 0) is 6.42 Å². The monoisotopic (exact) mass is 257 g/mol. The van der Waals surface area contributed by atoms with Gasteiger partial charge in [0.25, 0.3) is 0 Å². The molecule has 0 spiro atoms. The molecule has 0 bridgehead atoms. The summed E-state index contributed by atoms with van der Waals surface area (Å²) in [4.78, 5) is 3.37. The van der Waals surface area contributed by atoms with Gasteiger partial charge in [0.05, 0.1) is 12.6 Å². The largest absolute Gasteiger partial charge is 0.361 e. The molecule has 1 aliphatic rings. The van der Waals surface area contributed by atoms with E-state index in [1.54, 1.807) is 0 Å². The van der Waals surface area contributed by atoms with E-state index in [1.165, 1.54) is 55.1 Å². The molecule has 2 atom stereocenters. The molecule has 2 heteroatoms. The van der Waals surface area contributed by atoms with E-state index in [4.69, 9.17) is 0 Å². The van der Waals surface area contributed by atoms with Crippen LogP contribution in [0.4, 0.5) is 0 Å². The van der Waals surface area contributed by atoms with Gasteiger partial charge >= 0.3 is 0 Å². The summed E-state index contributed by atoms with van der Waals surface area (Å²) in [6.45, 7) is 3.62. The van der Waals surface area contributed by atoms with Gasteiger partial charge < -0.3 is 10.3 Å². The van der Waals surface area contributed by atoms with Crippen molar-refractivity contribution in [2.24, 2.45) is 5.92 Å². The Hall–Kier alpha value is -1.28. The number of benzene rings is 1. The van der Waals surface area contributed by atoms with E-state index < -0.39 is 0 Å². The molecule has 1 heterocycles. The molecule has 0 aliphatic heterocycles. The quantitative estimate of drug-likeness (QED) is 0.844. The standard InChI is InChI=1S/C17H24N2/c1-13-5-4-6-15(11-13)18-10-9-14-12-19-17-8-3-2-7-16(14)17/h2-3,7-8,12-13,15,18-19H,4-6,9-11H2,1H3/p+1/t13-,15-/m0/s1. The minimum Gasteiger partial charge on any atom is -0.361 e. The second-order valence-corrected chi connectivity index (χ2v) is 6.17. The van der Waals surface area contributed by atoms with Crippen LogP contribution < -0.4 is 5.32 Å². The molecule has 102 valence electrons. The van der Waals surface area contributed by atoms with Crippen LogP contribution in [0.3, 0.4) is 0 Å². The topological polar surface area (TPSA) is 32.4 Å². The molecule has 2 nitrogen and oxygen atoms in total. The Morgan fingerprint density at radius 1 is 1.26 bits per heavy atom. The number of hydrogen-bond acceptors (Lipinski definition) is 0. The lowest BCUT2D eigenvalue weighted by molar-refractivity contribution is -0.692. The lowest BCUT2D eigenvalue weighted by Gasteiger charge is -2.24. The number of para-hydroxylation sites is 1. The Labute approximate surface area is 115 Å². The molecular weight excluding hydrogens is 232 g/mol. The van der Waals surface area contributed by atoms with Crippen LogP contribution in [0.15, 0.2) is 30.5 Å². The summed E-state index contributed by atoms with van der Waals surface area (Å²) < 4.78 is 0. The van der Waals surface area contributed by atoms with Gasteiger partial charge in [0, 0.05) is 29.9 Å². The first kappa shape index (κ1) is 12.7. The van der Waals surface area contributed by atoms with Crippen LogP contribution in [0, 0.1) is 5.92 Å². The number of aromatic nitrogens is 1. The summed E-state index contributed by atoms with van der Waals surface area (Å²) in [5.74, 6) is 0.933. The maximum absolute atomic E-state index is 3.37. The molecule has 2 aromatic rings. The lowest BCUT2D eigenvalue weighted by Crippen LogP contribution is -2.90. The number of quaternary nitrogens is 1. The Kier molecular flexibility index (Phi) is 3.88. The SMILES string of the molecule is C[C@H]1CCC[C@H]([NH2+]CCc2c[nH]c3ccccc23)C1. The number of nitrogens with one attached hydrogen (secondary N) is 1. The van der Waals surface area contributed by atoms with Crippen LogP contribution in [-0.4, -0.2) is 17.6 Å². The Balaban J connectivity index is 1.55. The highest BCUT2D eigenvalue weighted by Crippen LogP contribution is 2.21. The van der Waals surface area contributed by atoms with Gasteiger partial charge in [-0.25, -0.2) is 0 Å². The fourth-order valence-electron chi connectivity index (χ4n) is 3.51. The molecule has 1 fully saturated rings. The molecule has 3 rings (SSSR count). The van der Waals surface area contributed by atoms with E-state index in [-0.39, 0.29) is 0 Å². The lowest BCUT2D eigenvalue weighted by atomic mass is 9.87. The summed E-state index contributed by atoms with van der Waals surface area (Å²) in [6, 6.07) is 9.48. The highest BCUT2D eigenvalue weighted by molar-refractivity contribution is 5.82. The third kappa shape index (κ3) is 3.01. The van der Waals surface area contributed by atoms with Crippen molar-refractivity contribution < 1.29 is 5.32 Å². The Bertz CT molecular complexity index is 529. The van der Waals surface area contributed by atoms with Crippen molar-refractivity contribution in [2.45, 2.75) is 45.1 Å². The number of nitrogens with two attached hydrogens (primary N) is 1. The summed E-state index contributed by atoms with van der Waals surface area (Å²) in [6.07, 6.45) is 9.05. The van der Waals surface area contributed by atoms with Gasteiger partial charge in [-0.1, -0.05) is 31.5 Å². The van der Waals surface area contributed by atoms with E-state index in [0.29, 0.717) is 0 Å². The van der Waals surface area contributed by atoms with E-state index in [1.807, 2.05) is 0 Å². The van der Waals surface area contributed by atoms with Gasteiger partial charge in [0.1, 0.15) is 0 Å². The molecule has 0 radical (unpaired) electrons. The predicted molar refractivity (Wildman–Crippen MR) is 80.2 cm³/mol. The Morgan fingerprint density at radius 3 is 3.05 bits per heavy atom. The van der Waals surface area contributed by atoms with E-state index in [2.05, 4.69) is 47.7 Å². The minimum absolute atomic E-state index is 0.869. The predicted octanol–water partition coefficient (Wildman–Crippen LogP) is 2.85. The number of hydrogen-bond donors (Lipinski definition) is 2. The van der Waals surface area contributed by atoms with Crippen molar-refractivity contribution in [3.05, 3.63) is 36.0 Å². The fraction of sp³-hybridized carbons (Fsp3) is 0.529. The van der Waals surface area contributed by atoms with E-state index in [0.717, 1.165) is 12.0 Å². The molecule has 0 unspecified atom stereocenters. The normalized spacial score (nSPS) is 23.8. The summed E-state index contributed by atoms with van der Waals surface area (Å²) in [5.41, 5.74) is 2.74. The van der Waals surface area contributed by atoms with Crippen LogP contribution in [0.25, 0.3) is 10.9 Å². The van der Waals surface area contributed by atoms with Gasteiger partial charge in [-0.3, -0.25) is 0 Å². The van der Waals surface area contributed by atoms with Crippen molar-refractivity contribution in [3.63, 3.8) is 0 Å². The smallest absolute Gasteiger partial charge is 0.0861 e. The molecule has 1 aromatic heterocycles. The van der Waals surface area contributed by atoms with Gasteiger partial charge in [0.2, 0.25) is 0 Å².